The van der Waals surface area contributed by atoms with Crippen LogP contribution in [0.1, 0.15) is 25.8 Å². The third kappa shape index (κ3) is 3.56. The maximum atomic E-state index is 9.39. The number of para-hydroxylation sites is 1. The lowest BCUT2D eigenvalue weighted by Gasteiger charge is -2.25. The molecule has 1 aromatic heterocycles. The molecule has 0 radical (unpaired) electrons. The Hall–Kier alpha value is -1.45. The molecule has 0 spiro atoms. The molecule has 0 bridgehead atoms. The SMILES string of the molecule is CCC(C)(CO)CNCCc1cccc2cccnc12. The van der Waals surface area contributed by atoms with Crippen LogP contribution in [0.4, 0.5) is 0 Å². The number of benzene rings is 1. The molecule has 3 nitrogen and oxygen atoms in total. The average molecular weight is 272 g/mol. The number of nitrogens with one attached hydrogen (secondary N) is 1. The van der Waals surface area contributed by atoms with Crippen molar-refractivity contribution < 1.29 is 5.11 Å². The Labute approximate surface area is 121 Å². The number of rotatable bonds is 7. The van der Waals surface area contributed by atoms with E-state index in [0.717, 1.165) is 31.4 Å². The molecule has 0 saturated carbocycles. The van der Waals surface area contributed by atoms with E-state index in [2.05, 4.69) is 48.4 Å². The molecule has 0 aliphatic rings. The van der Waals surface area contributed by atoms with Crippen LogP contribution in [0.2, 0.25) is 0 Å². The van der Waals surface area contributed by atoms with Gasteiger partial charge in [0.2, 0.25) is 0 Å². The zero-order chi connectivity index (χ0) is 14.4. The van der Waals surface area contributed by atoms with Crippen LogP contribution >= 0.6 is 0 Å². The molecule has 0 aliphatic heterocycles. The summed E-state index contributed by atoms with van der Waals surface area (Å²) in [6.07, 6.45) is 3.78. The third-order valence-electron chi connectivity index (χ3n) is 4.07. The number of aromatic nitrogens is 1. The Kier molecular flexibility index (Phi) is 5.10. The fourth-order valence-electron chi connectivity index (χ4n) is 2.28. The molecule has 2 N–H and O–H groups in total. The van der Waals surface area contributed by atoms with Crippen molar-refractivity contribution in [3.8, 4) is 0 Å². The van der Waals surface area contributed by atoms with Crippen molar-refractivity contribution in [1.82, 2.24) is 10.3 Å². The first-order chi connectivity index (χ1) is 9.68. The highest BCUT2D eigenvalue weighted by Crippen LogP contribution is 2.19. The van der Waals surface area contributed by atoms with E-state index >= 15 is 0 Å². The quantitative estimate of drug-likeness (QED) is 0.762. The minimum atomic E-state index is -0.0169. The molecule has 2 rings (SSSR count). The van der Waals surface area contributed by atoms with E-state index in [-0.39, 0.29) is 12.0 Å². The van der Waals surface area contributed by atoms with Crippen LogP contribution in [0.5, 0.6) is 0 Å². The summed E-state index contributed by atoms with van der Waals surface area (Å²) < 4.78 is 0. The van der Waals surface area contributed by atoms with Crippen molar-refractivity contribution in [3.05, 3.63) is 42.1 Å². The highest BCUT2D eigenvalue weighted by atomic mass is 16.3. The molecule has 0 amide bonds. The lowest BCUT2D eigenvalue weighted by atomic mass is 9.88. The number of pyridine rings is 1. The first-order valence-electron chi connectivity index (χ1n) is 7.33. The van der Waals surface area contributed by atoms with Crippen LogP contribution in [-0.4, -0.2) is 29.8 Å². The number of fused-ring (bicyclic) bond motifs is 1. The Morgan fingerprint density at radius 2 is 2.05 bits per heavy atom. The number of hydrogen-bond acceptors (Lipinski definition) is 3. The van der Waals surface area contributed by atoms with Gasteiger partial charge in [-0.2, -0.15) is 0 Å². The van der Waals surface area contributed by atoms with Gasteiger partial charge in [0.25, 0.3) is 0 Å². The van der Waals surface area contributed by atoms with Gasteiger partial charge in [0.15, 0.2) is 0 Å². The van der Waals surface area contributed by atoms with E-state index in [4.69, 9.17) is 0 Å². The number of aliphatic hydroxyl groups is 1. The average Bonchev–Trinajstić information content (AvgIpc) is 2.51. The molecule has 0 saturated heterocycles. The zero-order valence-corrected chi connectivity index (χ0v) is 12.4. The Morgan fingerprint density at radius 1 is 1.25 bits per heavy atom. The Morgan fingerprint density at radius 3 is 2.80 bits per heavy atom. The maximum Gasteiger partial charge on any atom is 0.0734 e. The second kappa shape index (κ2) is 6.82. The molecule has 1 unspecified atom stereocenters. The summed E-state index contributed by atoms with van der Waals surface area (Å²) in [6.45, 7) is 6.21. The summed E-state index contributed by atoms with van der Waals surface area (Å²) in [5.41, 5.74) is 2.35. The van der Waals surface area contributed by atoms with Crippen LogP contribution in [-0.2, 0) is 6.42 Å². The predicted octanol–water partition coefficient (Wildman–Crippen LogP) is 2.78. The largest absolute Gasteiger partial charge is 0.396 e. The van der Waals surface area contributed by atoms with Gasteiger partial charge in [0.05, 0.1) is 5.52 Å². The lowest BCUT2D eigenvalue weighted by Crippen LogP contribution is -2.35. The van der Waals surface area contributed by atoms with Crippen molar-refractivity contribution in [2.75, 3.05) is 19.7 Å². The van der Waals surface area contributed by atoms with Crippen molar-refractivity contribution in [2.45, 2.75) is 26.7 Å². The van der Waals surface area contributed by atoms with Crippen molar-refractivity contribution in [3.63, 3.8) is 0 Å². The van der Waals surface area contributed by atoms with Crippen molar-refractivity contribution in [2.24, 2.45) is 5.41 Å². The lowest BCUT2D eigenvalue weighted by molar-refractivity contribution is 0.136. The van der Waals surface area contributed by atoms with E-state index < -0.39 is 0 Å². The number of hydrogen-bond donors (Lipinski definition) is 2. The van der Waals surface area contributed by atoms with Crippen LogP contribution < -0.4 is 5.32 Å². The summed E-state index contributed by atoms with van der Waals surface area (Å²) in [5.74, 6) is 0. The van der Waals surface area contributed by atoms with E-state index in [1.165, 1.54) is 10.9 Å². The van der Waals surface area contributed by atoms with Gasteiger partial charge in [-0.3, -0.25) is 4.98 Å². The second-order valence-electron chi connectivity index (χ2n) is 5.74. The van der Waals surface area contributed by atoms with Crippen molar-refractivity contribution >= 4 is 10.9 Å². The minimum absolute atomic E-state index is 0.0169. The molecular formula is C17H24N2O. The molecular weight excluding hydrogens is 248 g/mol. The zero-order valence-electron chi connectivity index (χ0n) is 12.4. The van der Waals surface area contributed by atoms with E-state index in [0.29, 0.717) is 0 Å². The monoisotopic (exact) mass is 272 g/mol. The summed E-state index contributed by atoms with van der Waals surface area (Å²) in [4.78, 5) is 4.47. The van der Waals surface area contributed by atoms with Gasteiger partial charge in [-0.1, -0.05) is 38.1 Å². The van der Waals surface area contributed by atoms with Crippen LogP contribution in [0.3, 0.4) is 0 Å². The molecule has 1 aromatic carbocycles. The van der Waals surface area contributed by atoms with Gasteiger partial charge < -0.3 is 10.4 Å². The third-order valence-corrected chi connectivity index (χ3v) is 4.07. The van der Waals surface area contributed by atoms with Crippen LogP contribution in [0.25, 0.3) is 10.9 Å². The molecule has 1 heterocycles. The van der Waals surface area contributed by atoms with Crippen LogP contribution in [0.15, 0.2) is 36.5 Å². The highest BCUT2D eigenvalue weighted by molar-refractivity contribution is 5.81. The smallest absolute Gasteiger partial charge is 0.0734 e. The number of nitrogens with zero attached hydrogens (tertiary/aromatic N) is 1. The normalized spacial score (nSPS) is 14.3. The molecule has 0 aliphatic carbocycles. The first kappa shape index (κ1) is 14.9. The highest BCUT2D eigenvalue weighted by Gasteiger charge is 2.19. The van der Waals surface area contributed by atoms with Gasteiger partial charge in [0.1, 0.15) is 0 Å². The van der Waals surface area contributed by atoms with Gasteiger partial charge in [-0.15, -0.1) is 0 Å². The Bertz CT molecular complexity index is 544. The predicted molar refractivity (Wildman–Crippen MR) is 83.8 cm³/mol. The fourth-order valence-corrected chi connectivity index (χ4v) is 2.28. The summed E-state index contributed by atoms with van der Waals surface area (Å²) in [5, 5.41) is 14.0. The van der Waals surface area contributed by atoms with Gasteiger partial charge >= 0.3 is 0 Å². The molecule has 0 fully saturated rings. The first-order valence-corrected chi connectivity index (χ1v) is 7.33. The van der Waals surface area contributed by atoms with Crippen LogP contribution in [0, 0.1) is 5.41 Å². The summed E-state index contributed by atoms with van der Waals surface area (Å²) >= 11 is 0. The Balaban J connectivity index is 1.94. The maximum absolute atomic E-state index is 9.39. The second-order valence-corrected chi connectivity index (χ2v) is 5.74. The van der Waals surface area contributed by atoms with Gasteiger partial charge in [0, 0.05) is 30.1 Å². The molecule has 1 atom stereocenters. The summed E-state index contributed by atoms with van der Waals surface area (Å²) in [6, 6.07) is 10.4. The molecule has 108 valence electrons. The number of aliphatic hydroxyl groups excluding tert-OH is 1. The van der Waals surface area contributed by atoms with Crippen molar-refractivity contribution in [1.29, 1.82) is 0 Å². The summed E-state index contributed by atoms with van der Waals surface area (Å²) in [7, 11) is 0. The molecule has 2 aromatic rings. The molecule has 3 heteroatoms. The van der Waals surface area contributed by atoms with Gasteiger partial charge in [-0.05, 0) is 31.0 Å². The van der Waals surface area contributed by atoms with Gasteiger partial charge in [-0.25, -0.2) is 0 Å². The molecule has 20 heavy (non-hydrogen) atoms. The van der Waals surface area contributed by atoms with E-state index in [1.54, 1.807) is 0 Å². The van der Waals surface area contributed by atoms with E-state index in [1.807, 2.05) is 12.3 Å². The standard InChI is InChI=1S/C17H24N2O/c1-3-17(2,13-20)12-18-11-9-15-7-4-6-14-8-5-10-19-16(14)15/h4-8,10,18,20H,3,9,11-13H2,1-2H3. The van der Waals surface area contributed by atoms with E-state index in [9.17, 15) is 5.11 Å². The fraction of sp³-hybridized carbons (Fsp3) is 0.471. The topological polar surface area (TPSA) is 45.1 Å². The minimum Gasteiger partial charge on any atom is -0.396 e.